The van der Waals surface area contributed by atoms with Crippen molar-refractivity contribution in [3.63, 3.8) is 0 Å². The number of benzene rings is 1. The molecule has 114 valence electrons. The van der Waals surface area contributed by atoms with Crippen LogP contribution in [0.5, 0.6) is 0 Å². The molecule has 2 rings (SSSR count). The largest absolute Gasteiger partial charge is 0.460 e. The highest BCUT2D eigenvalue weighted by Crippen LogP contribution is 2.28. The fourth-order valence-corrected chi connectivity index (χ4v) is 2.37. The third-order valence-corrected chi connectivity index (χ3v) is 3.20. The highest BCUT2D eigenvalue weighted by atomic mass is 35.5. The summed E-state index contributed by atoms with van der Waals surface area (Å²) in [6, 6.07) is 9.11. The number of ether oxygens (including phenoxy) is 1. The summed E-state index contributed by atoms with van der Waals surface area (Å²) >= 11 is 12.0. The third-order valence-electron chi connectivity index (χ3n) is 2.77. The third kappa shape index (κ3) is 5.34. The van der Waals surface area contributed by atoms with Gasteiger partial charge in [0.05, 0.1) is 26.4 Å². The van der Waals surface area contributed by atoms with Crippen LogP contribution in [0.25, 0.3) is 11.3 Å². The van der Waals surface area contributed by atoms with E-state index < -0.39 is 0 Å². The predicted octanol–water partition coefficient (Wildman–Crippen LogP) is 3.35. The zero-order valence-corrected chi connectivity index (χ0v) is 13.0. The molecule has 1 heterocycles. The van der Waals surface area contributed by atoms with Gasteiger partial charge in [0.25, 0.3) is 0 Å². The van der Waals surface area contributed by atoms with Crippen molar-refractivity contribution in [2.45, 2.75) is 6.54 Å². The standard InChI is InChI=1S/C15H17Cl2NO3/c16-12-7-11(8-13(17)9-12)15-2-1-14(21-15)10-18-3-5-20-6-4-19/h1-2,7-9,18-19H,3-6,10H2. The molecule has 0 aliphatic rings. The average Bonchev–Trinajstić information content (AvgIpc) is 2.90. The molecule has 0 bridgehead atoms. The summed E-state index contributed by atoms with van der Waals surface area (Å²) in [6.07, 6.45) is 0. The van der Waals surface area contributed by atoms with Crippen LogP contribution in [0.4, 0.5) is 0 Å². The molecule has 4 nitrogen and oxygen atoms in total. The van der Waals surface area contributed by atoms with Gasteiger partial charge >= 0.3 is 0 Å². The van der Waals surface area contributed by atoms with Crippen molar-refractivity contribution in [1.82, 2.24) is 5.32 Å². The monoisotopic (exact) mass is 329 g/mol. The van der Waals surface area contributed by atoms with Gasteiger partial charge in [0, 0.05) is 22.2 Å². The molecule has 0 fully saturated rings. The van der Waals surface area contributed by atoms with Crippen LogP contribution >= 0.6 is 23.2 Å². The molecule has 1 aromatic heterocycles. The number of hydrogen-bond acceptors (Lipinski definition) is 4. The highest BCUT2D eigenvalue weighted by molar-refractivity contribution is 6.35. The zero-order valence-electron chi connectivity index (χ0n) is 11.4. The average molecular weight is 330 g/mol. The van der Waals surface area contributed by atoms with Crippen molar-refractivity contribution in [3.05, 3.63) is 46.1 Å². The first kappa shape index (κ1) is 16.3. The molecule has 0 amide bonds. The minimum Gasteiger partial charge on any atom is -0.460 e. The normalized spacial score (nSPS) is 11.0. The van der Waals surface area contributed by atoms with Crippen molar-refractivity contribution in [1.29, 1.82) is 0 Å². The van der Waals surface area contributed by atoms with E-state index in [9.17, 15) is 0 Å². The quantitative estimate of drug-likeness (QED) is 0.729. The van der Waals surface area contributed by atoms with Crippen molar-refractivity contribution >= 4 is 23.2 Å². The molecule has 0 unspecified atom stereocenters. The molecule has 0 spiro atoms. The predicted molar refractivity (Wildman–Crippen MR) is 83.8 cm³/mol. The minimum absolute atomic E-state index is 0.0454. The van der Waals surface area contributed by atoms with Gasteiger partial charge in [-0.3, -0.25) is 0 Å². The highest BCUT2D eigenvalue weighted by Gasteiger charge is 2.06. The number of nitrogens with one attached hydrogen (secondary N) is 1. The number of hydrogen-bond donors (Lipinski definition) is 2. The molecule has 0 saturated heterocycles. The first-order valence-electron chi connectivity index (χ1n) is 6.63. The maximum atomic E-state index is 8.57. The molecule has 2 N–H and O–H groups in total. The first-order valence-corrected chi connectivity index (χ1v) is 7.39. The summed E-state index contributed by atoms with van der Waals surface area (Å²) in [6.45, 7) is 2.26. The van der Waals surface area contributed by atoms with Gasteiger partial charge in [-0.05, 0) is 30.3 Å². The van der Waals surface area contributed by atoms with Gasteiger partial charge < -0.3 is 19.6 Å². The number of furan rings is 1. The fraction of sp³-hybridized carbons (Fsp3) is 0.333. The lowest BCUT2D eigenvalue weighted by Crippen LogP contribution is -2.19. The molecule has 0 saturated carbocycles. The van der Waals surface area contributed by atoms with Crippen LogP contribution in [-0.2, 0) is 11.3 Å². The van der Waals surface area contributed by atoms with Crippen LogP contribution in [0.2, 0.25) is 10.0 Å². The van der Waals surface area contributed by atoms with E-state index in [0.29, 0.717) is 36.3 Å². The summed E-state index contributed by atoms with van der Waals surface area (Å²) in [5.74, 6) is 1.55. The van der Waals surface area contributed by atoms with E-state index in [1.165, 1.54) is 0 Å². The lowest BCUT2D eigenvalue weighted by Gasteiger charge is -2.03. The molecule has 0 radical (unpaired) electrons. The fourth-order valence-electron chi connectivity index (χ4n) is 1.85. The van der Waals surface area contributed by atoms with E-state index in [4.69, 9.17) is 37.5 Å². The summed E-state index contributed by atoms with van der Waals surface area (Å²) < 4.78 is 10.9. The molecular formula is C15H17Cl2NO3. The number of halogens is 2. The van der Waals surface area contributed by atoms with Gasteiger partial charge in [-0.1, -0.05) is 23.2 Å². The van der Waals surface area contributed by atoms with Crippen LogP contribution in [-0.4, -0.2) is 31.5 Å². The van der Waals surface area contributed by atoms with E-state index in [1.807, 2.05) is 24.3 Å². The Balaban J connectivity index is 1.86. The van der Waals surface area contributed by atoms with E-state index >= 15 is 0 Å². The van der Waals surface area contributed by atoms with Crippen molar-refractivity contribution in [2.24, 2.45) is 0 Å². The van der Waals surface area contributed by atoms with Gasteiger partial charge in [0.2, 0.25) is 0 Å². The Bertz CT molecular complexity index is 552. The second kappa shape index (κ2) is 8.41. The smallest absolute Gasteiger partial charge is 0.134 e. The van der Waals surface area contributed by atoms with E-state index in [-0.39, 0.29) is 6.61 Å². The Kier molecular flexibility index (Phi) is 6.54. The SMILES string of the molecule is OCCOCCNCc1ccc(-c2cc(Cl)cc(Cl)c2)o1. The number of aliphatic hydroxyl groups is 1. The van der Waals surface area contributed by atoms with Gasteiger partial charge in [0.15, 0.2) is 0 Å². The number of aliphatic hydroxyl groups excluding tert-OH is 1. The minimum atomic E-state index is 0.0454. The maximum Gasteiger partial charge on any atom is 0.134 e. The Morgan fingerprint density at radius 3 is 2.57 bits per heavy atom. The lowest BCUT2D eigenvalue weighted by molar-refractivity contribution is 0.0936. The van der Waals surface area contributed by atoms with E-state index in [0.717, 1.165) is 17.1 Å². The van der Waals surface area contributed by atoms with Gasteiger partial charge in [0.1, 0.15) is 11.5 Å². The van der Waals surface area contributed by atoms with Gasteiger partial charge in [-0.2, -0.15) is 0 Å². The van der Waals surface area contributed by atoms with E-state index in [1.54, 1.807) is 6.07 Å². The second-order valence-electron chi connectivity index (χ2n) is 4.44. The lowest BCUT2D eigenvalue weighted by atomic mass is 10.2. The van der Waals surface area contributed by atoms with Crippen molar-refractivity contribution < 1.29 is 14.3 Å². The molecule has 0 aliphatic heterocycles. The first-order chi connectivity index (χ1) is 10.2. The molecule has 0 aliphatic carbocycles. The van der Waals surface area contributed by atoms with Crippen molar-refractivity contribution in [2.75, 3.05) is 26.4 Å². The Morgan fingerprint density at radius 2 is 1.86 bits per heavy atom. The maximum absolute atomic E-state index is 8.57. The van der Waals surface area contributed by atoms with Crippen LogP contribution < -0.4 is 5.32 Å². The Labute approximate surface area is 133 Å². The Hall–Kier alpha value is -1.04. The summed E-state index contributed by atoms with van der Waals surface area (Å²) in [7, 11) is 0. The Morgan fingerprint density at radius 1 is 1.10 bits per heavy atom. The molecule has 21 heavy (non-hydrogen) atoms. The molecular weight excluding hydrogens is 313 g/mol. The topological polar surface area (TPSA) is 54.6 Å². The van der Waals surface area contributed by atoms with Crippen LogP contribution in [0.3, 0.4) is 0 Å². The molecule has 2 aromatic rings. The summed E-state index contributed by atoms with van der Waals surface area (Å²) in [4.78, 5) is 0. The summed E-state index contributed by atoms with van der Waals surface area (Å²) in [5.41, 5.74) is 0.852. The van der Waals surface area contributed by atoms with E-state index in [2.05, 4.69) is 5.32 Å². The second-order valence-corrected chi connectivity index (χ2v) is 5.31. The van der Waals surface area contributed by atoms with Crippen LogP contribution in [0.15, 0.2) is 34.7 Å². The van der Waals surface area contributed by atoms with Crippen LogP contribution in [0, 0.1) is 0 Å². The van der Waals surface area contributed by atoms with Gasteiger partial charge in [-0.15, -0.1) is 0 Å². The zero-order chi connectivity index (χ0) is 15.1. The molecule has 6 heteroatoms. The summed E-state index contributed by atoms with van der Waals surface area (Å²) in [5, 5.41) is 12.9. The van der Waals surface area contributed by atoms with Crippen molar-refractivity contribution in [3.8, 4) is 11.3 Å². The molecule has 1 aromatic carbocycles. The number of rotatable bonds is 8. The van der Waals surface area contributed by atoms with Crippen LogP contribution in [0.1, 0.15) is 5.76 Å². The molecule has 0 atom stereocenters. The van der Waals surface area contributed by atoms with Gasteiger partial charge in [-0.25, -0.2) is 0 Å².